The zero-order chi connectivity index (χ0) is 15.0. The molecule has 2 nitrogen and oxygen atoms in total. The Morgan fingerprint density at radius 1 is 1.14 bits per heavy atom. The lowest BCUT2D eigenvalue weighted by Crippen LogP contribution is -2.11. The molecule has 0 bridgehead atoms. The van der Waals surface area contributed by atoms with E-state index in [2.05, 4.69) is 0 Å². The van der Waals surface area contributed by atoms with E-state index in [0.29, 0.717) is 11.6 Å². The first-order valence-electron chi connectivity index (χ1n) is 6.90. The molecule has 0 aliphatic rings. The highest BCUT2D eigenvalue weighted by atomic mass is 35.5. The van der Waals surface area contributed by atoms with E-state index in [4.69, 9.17) is 11.6 Å². The van der Waals surface area contributed by atoms with Crippen molar-refractivity contribution < 1.29 is 4.79 Å². The summed E-state index contributed by atoms with van der Waals surface area (Å²) in [5.74, 6) is 0.105. The van der Waals surface area contributed by atoms with Crippen LogP contribution in [-0.2, 0) is 6.54 Å². The van der Waals surface area contributed by atoms with Gasteiger partial charge in [0, 0.05) is 22.7 Å². The SMILES string of the molecule is Cc1ccc(C)c(C(=O)Cn2cc(Cl)c3ccccc32)c1. The molecule has 0 N–H and O–H groups in total. The highest BCUT2D eigenvalue weighted by molar-refractivity contribution is 6.35. The number of rotatable bonds is 3. The van der Waals surface area contributed by atoms with Gasteiger partial charge in [-0.05, 0) is 31.5 Å². The smallest absolute Gasteiger partial charge is 0.182 e. The summed E-state index contributed by atoms with van der Waals surface area (Å²) in [6.45, 7) is 4.27. The molecule has 0 amide bonds. The maximum absolute atomic E-state index is 12.6. The van der Waals surface area contributed by atoms with Gasteiger partial charge in [-0.2, -0.15) is 0 Å². The Morgan fingerprint density at radius 3 is 2.71 bits per heavy atom. The molecule has 0 unspecified atom stereocenters. The van der Waals surface area contributed by atoms with Crippen molar-refractivity contribution in [3.8, 4) is 0 Å². The van der Waals surface area contributed by atoms with E-state index in [1.807, 2.05) is 67.1 Å². The number of fused-ring (bicyclic) bond motifs is 1. The molecule has 0 saturated carbocycles. The first-order chi connectivity index (χ1) is 10.1. The van der Waals surface area contributed by atoms with E-state index in [9.17, 15) is 4.79 Å². The normalized spacial score (nSPS) is 11.0. The molecule has 0 aliphatic heterocycles. The average molecular weight is 298 g/mol. The number of carbonyl (C=O) groups excluding carboxylic acids is 1. The van der Waals surface area contributed by atoms with Crippen molar-refractivity contribution in [2.24, 2.45) is 0 Å². The van der Waals surface area contributed by atoms with Gasteiger partial charge >= 0.3 is 0 Å². The minimum Gasteiger partial charge on any atom is -0.338 e. The van der Waals surface area contributed by atoms with Crippen molar-refractivity contribution in [2.45, 2.75) is 20.4 Å². The largest absolute Gasteiger partial charge is 0.338 e. The van der Waals surface area contributed by atoms with Gasteiger partial charge in [0.15, 0.2) is 5.78 Å². The highest BCUT2D eigenvalue weighted by Crippen LogP contribution is 2.26. The summed E-state index contributed by atoms with van der Waals surface area (Å²) in [7, 11) is 0. The lowest BCUT2D eigenvalue weighted by molar-refractivity contribution is 0.0973. The van der Waals surface area contributed by atoms with Crippen LogP contribution >= 0.6 is 11.6 Å². The van der Waals surface area contributed by atoms with Gasteiger partial charge in [-0.25, -0.2) is 0 Å². The van der Waals surface area contributed by atoms with E-state index in [-0.39, 0.29) is 5.78 Å². The lowest BCUT2D eigenvalue weighted by atomic mass is 10.0. The fourth-order valence-corrected chi connectivity index (χ4v) is 2.89. The molecule has 0 radical (unpaired) electrons. The molecule has 1 heterocycles. The minimum absolute atomic E-state index is 0.105. The summed E-state index contributed by atoms with van der Waals surface area (Å²) in [5.41, 5.74) is 3.87. The molecule has 1 aromatic heterocycles. The number of hydrogen-bond acceptors (Lipinski definition) is 1. The van der Waals surface area contributed by atoms with Gasteiger partial charge in [0.2, 0.25) is 0 Å². The maximum Gasteiger partial charge on any atom is 0.182 e. The van der Waals surface area contributed by atoms with Gasteiger partial charge in [0.25, 0.3) is 0 Å². The third kappa shape index (κ3) is 2.59. The Bertz CT molecular complexity index is 832. The van der Waals surface area contributed by atoms with Crippen LogP contribution in [0, 0.1) is 13.8 Å². The van der Waals surface area contributed by atoms with Crippen molar-refractivity contribution in [3.63, 3.8) is 0 Å². The summed E-state index contributed by atoms with van der Waals surface area (Å²) in [6.07, 6.45) is 1.83. The van der Waals surface area contributed by atoms with Gasteiger partial charge in [0.05, 0.1) is 11.6 Å². The van der Waals surface area contributed by atoms with Crippen LogP contribution in [0.1, 0.15) is 21.5 Å². The Labute approximate surface area is 129 Å². The summed E-state index contributed by atoms with van der Waals surface area (Å²) in [5, 5.41) is 1.66. The molecule has 0 fully saturated rings. The van der Waals surface area contributed by atoms with Gasteiger partial charge < -0.3 is 4.57 Å². The third-order valence-electron chi connectivity index (χ3n) is 3.75. The lowest BCUT2D eigenvalue weighted by Gasteiger charge is -2.08. The molecular formula is C18H16ClNO. The number of para-hydroxylation sites is 1. The number of nitrogens with zero attached hydrogens (tertiary/aromatic N) is 1. The number of Topliss-reactive ketones (excluding diaryl/α,β-unsaturated/α-hetero) is 1. The van der Waals surface area contributed by atoms with Crippen LogP contribution in [0.5, 0.6) is 0 Å². The van der Waals surface area contributed by atoms with Gasteiger partial charge in [-0.3, -0.25) is 4.79 Å². The summed E-state index contributed by atoms with van der Waals surface area (Å²) >= 11 is 6.23. The van der Waals surface area contributed by atoms with Crippen molar-refractivity contribution in [1.29, 1.82) is 0 Å². The van der Waals surface area contributed by atoms with E-state index in [1.54, 1.807) is 0 Å². The van der Waals surface area contributed by atoms with Crippen LogP contribution in [0.4, 0.5) is 0 Å². The van der Waals surface area contributed by atoms with Crippen LogP contribution in [0.25, 0.3) is 10.9 Å². The maximum atomic E-state index is 12.6. The topological polar surface area (TPSA) is 22.0 Å². The molecule has 2 aromatic carbocycles. The molecule has 106 valence electrons. The number of carbonyl (C=O) groups is 1. The predicted molar refractivity (Wildman–Crippen MR) is 87.2 cm³/mol. The van der Waals surface area contributed by atoms with Gasteiger partial charge in [0.1, 0.15) is 0 Å². The standard InChI is InChI=1S/C18H16ClNO/c1-12-7-8-13(2)15(9-12)18(21)11-20-10-16(19)14-5-3-4-6-17(14)20/h3-10H,11H2,1-2H3. The average Bonchev–Trinajstić information content (AvgIpc) is 2.78. The summed E-state index contributed by atoms with van der Waals surface area (Å²) in [6, 6.07) is 13.8. The van der Waals surface area contributed by atoms with Crippen LogP contribution < -0.4 is 0 Å². The van der Waals surface area contributed by atoms with E-state index in [1.165, 1.54) is 0 Å². The molecule has 21 heavy (non-hydrogen) atoms. The second-order valence-electron chi connectivity index (χ2n) is 5.36. The number of benzene rings is 2. The van der Waals surface area contributed by atoms with Gasteiger partial charge in [-0.1, -0.05) is 47.5 Å². The molecule has 3 rings (SSSR count). The van der Waals surface area contributed by atoms with E-state index >= 15 is 0 Å². The van der Waals surface area contributed by atoms with Crippen LogP contribution in [-0.4, -0.2) is 10.4 Å². The molecule has 0 aliphatic carbocycles. The first kappa shape index (κ1) is 13.9. The fraction of sp³-hybridized carbons (Fsp3) is 0.167. The number of aromatic nitrogens is 1. The number of halogens is 1. The van der Waals surface area contributed by atoms with Crippen molar-refractivity contribution in [1.82, 2.24) is 4.57 Å². The Kier molecular flexibility index (Phi) is 3.56. The second-order valence-corrected chi connectivity index (χ2v) is 5.77. The summed E-state index contributed by atoms with van der Waals surface area (Å²) in [4.78, 5) is 12.6. The first-order valence-corrected chi connectivity index (χ1v) is 7.28. The molecule has 0 spiro atoms. The second kappa shape index (κ2) is 5.38. The molecule has 3 aromatic rings. The van der Waals surface area contributed by atoms with Crippen LogP contribution in [0.2, 0.25) is 5.02 Å². The highest BCUT2D eigenvalue weighted by Gasteiger charge is 2.13. The number of hydrogen-bond donors (Lipinski definition) is 0. The quantitative estimate of drug-likeness (QED) is 0.637. The molecule has 0 atom stereocenters. The molecule has 0 saturated heterocycles. The van der Waals surface area contributed by atoms with E-state index in [0.717, 1.165) is 27.6 Å². The van der Waals surface area contributed by atoms with Crippen molar-refractivity contribution >= 4 is 28.3 Å². The summed E-state index contributed by atoms with van der Waals surface area (Å²) < 4.78 is 1.92. The van der Waals surface area contributed by atoms with Crippen LogP contribution in [0.3, 0.4) is 0 Å². The van der Waals surface area contributed by atoms with Gasteiger partial charge in [-0.15, -0.1) is 0 Å². The molecule has 3 heteroatoms. The predicted octanol–water partition coefficient (Wildman–Crippen LogP) is 4.79. The third-order valence-corrected chi connectivity index (χ3v) is 4.05. The van der Waals surface area contributed by atoms with Crippen molar-refractivity contribution in [3.05, 3.63) is 70.4 Å². The number of ketones is 1. The Hall–Kier alpha value is -2.06. The number of aryl methyl sites for hydroxylation is 2. The zero-order valence-corrected chi connectivity index (χ0v) is 12.8. The van der Waals surface area contributed by atoms with Crippen molar-refractivity contribution in [2.75, 3.05) is 0 Å². The Balaban J connectivity index is 1.99. The molecular weight excluding hydrogens is 282 g/mol. The van der Waals surface area contributed by atoms with Crippen LogP contribution in [0.15, 0.2) is 48.7 Å². The monoisotopic (exact) mass is 297 g/mol. The van der Waals surface area contributed by atoms with E-state index < -0.39 is 0 Å². The zero-order valence-electron chi connectivity index (χ0n) is 12.1. The minimum atomic E-state index is 0.105. The fourth-order valence-electron chi connectivity index (χ4n) is 2.61. The Morgan fingerprint density at radius 2 is 1.90 bits per heavy atom.